The second-order valence-corrected chi connectivity index (χ2v) is 9.91. The highest BCUT2D eigenvalue weighted by molar-refractivity contribution is 7.93. The number of ketones is 1. The first kappa shape index (κ1) is 29.1. The Bertz CT molecular complexity index is 1440. The summed E-state index contributed by atoms with van der Waals surface area (Å²) in [5, 5.41) is 4.03. The summed E-state index contributed by atoms with van der Waals surface area (Å²) < 4.78 is 52.2. The summed E-state index contributed by atoms with van der Waals surface area (Å²) in [7, 11) is 3.71. The molecule has 10 nitrogen and oxygen atoms in total. The lowest BCUT2D eigenvalue weighted by Gasteiger charge is -2.12. The number of carbonyl (C=O) groups is 1. The fourth-order valence-corrected chi connectivity index (χ4v) is 4.61. The molecule has 0 spiro atoms. The van der Waals surface area contributed by atoms with E-state index in [0.717, 1.165) is 5.41 Å². The number of anilines is 1. The third-order valence-electron chi connectivity index (χ3n) is 5.51. The molecule has 1 heterocycles. The number of rotatable bonds is 13. The van der Waals surface area contributed by atoms with Crippen molar-refractivity contribution in [3.8, 4) is 28.9 Å². The van der Waals surface area contributed by atoms with E-state index in [1.165, 1.54) is 53.0 Å². The minimum absolute atomic E-state index is 0.231. The maximum Gasteiger partial charge on any atom is 0.237 e. The van der Waals surface area contributed by atoms with Crippen molar-refractivity contribution in [2.75, 3.05) is 40.9 Å². The Morgan fingerprint density at radius 1 is 0.872 bits per heavy atom. The lowest BCUT2D eigenvalue weighted by molar-refractivity contribution is 0.104. The Morgan fingerprint density at radius 2 is 1.51 bits per heavy atom. The van der Waals surface area contributed by atoms with Crippen molar-refractivity contribution in [3.63, 3.8) is 0 Å². The Balaban J connectivity index is 1.77. The first-order valence-electron chi connectivity index (χ1n) is 11.6. The highest BCUT2D eigenvalue weighted by Crippen LogP contribution is 2.35. The highest BCUT2D eigenvalue weighted by atomic mass is 32.2. The van der Waals surface area contributed by atoms with Gasteiger partial charge in [-0.25, -0.2) is 13.4 Å². The molecule has 0 fully saturated rings. The number of pyridine rings is 1. The number of sulfone groups is 1. The summed E-state index contributed by atoms with van der Waals surface area (Å²) in [6.45, 7) is 0. The predicted molar refractivity (Wildman–Crippen MR) is 149 cm³/mol. The Morgan fingerprint density at radius 3 is 2.08 bits per heavy atom. The zero-order valence-electron chi connectivity index (χ0n) is 22.3. The molecule has 0 atom stereocenters. The number of carbonyl (C=O) groups excluding carboxylic acids is 1. The van der Waals surface area contributed by atoms with E-state index in [1.807, 2.05) is 0 Å². The number of ether oxygens (including phenoxy) is 5. The van der Waals surface area contributed by atoms with Crippen LogP contribution in [0.3, 0.4) is 0 Å². The molecule has 11 heteroatoms. The van der Waals surface area contributed by atoms with Gasteiger partial charge in [-0.1, -0.05) is 0 Å². The summed E-state index contributed by atoms with van der Waals surface area (Å²) in [6, 6.07) is 11.6. The smallest absolute Gasteiger partial charge is 0.237 e. The van der Waals surface area contributed by atoms with Gasteiger partial charge in [-0.2, -0.15) is 0 Å². The zero-order chi connectivity index (χ0) is 28.4. The molecule has 0 bridgehead atoms. The standard InChI is InChI=1S/C28H30N2O8S/c1-34-21-8-6-20(7-9-21)25(31)10-12-29-24-14-19(17-30-28(24)38-5)18-39(32,33)13-11-23-26(36-3)15-22(35-2)16-27(23)37-4/h6-17,29H,18H2,1-5H3. The molecule has 1 N–H and O–H groups in total. The number of benzene rings is 2. The first-order valence-corrected chi connectivity index (χ1v) is 13.3. The van der Waals surface area contributed by atoms with Crippen LogP contribution in [0.5, 0.6) is 28.9 Å². The van der Waals surface area contributed by atoms with E-state index < -0.39 is 9.84 Å². The van der Waals surface area contributed by atoms with Gasteiger partial charge in [0.15, 0.2) is 15.6 Å². The molecule has 39 heavy (non-hydrogen) atoms. The van der Waals surface area contributed by atoms with E-state index in [-0.39, 0.29) is 17.4 Å². The lowest BCUT2D eigenvalue weighted by Crippen LogP contribution is -2.04. The number of methoxy groups -OCH3 is 5. The van der Waals surface area contributed by atoms with Crippen LogP contribution < -0.4 is 29.0 Å². The topological polar surface area (TPSA) is 122 Å². The second kappa shape index (κ2) is 13.3. The van der Waals surface area contributed by atoms with E-state index in [1.54, 1.807) is 49.6 Å². The van der Waals surface area contributed by atoms with Crippen LogP contribution >= 0.6 is 0 Å². The summed E-state index contributed by atoms with van der Waals surface area (Å²) >= 11 is 0. The molecule has 0 amide bonds. The van der Waals surface area contributed by atoms with Gasteiger partial charge in [-0.05, 0) is 42.0 Å². The average molecular weight is 555 g/mol. The van der Waals surface area contributed by atoms with Gasteiger partial charge in [0.05, 0.1) is 46.9 Å². The molecule has 0 aliphatic heterocycles. The van der Waals surface area contributed by atoms with Gasteiger partial charge in [-0.15, -0.1) is 0 Å². The molecule has 0 saturated carbocycles. The van der Waals surface area contributed by atoms with E-state index in [9.17, 15) is 13.2 Å². The van der Waals surface area contributed by atoms with Crippen LogP contribution in [-0.4, -0.2) is 54.7 Å². The van der Waals surface area contributed by atoms with Gasteiger partial charge >= 0.3 is 0 Å². The molecular weight excluding hydrogens is 524 g/mol. The number of hydrogen-bond donors (Lipinski definition) is 1. The van der Waals surface area contributed by atoms with E-state index >= 15 is 0 Å². The molecule has 0 aliphatic carbocycles. The molecule has 206 valence electrons. The third kappa shape index (κ3) is 7.74. The fourth-order valence-electron chi connectivity index (χ4n) is 3.55. The van der Waals surface area contributed by atoms with Crippen LogP contribution in [0.1, 0.15) is 21.5 Å². The second-order valence-electron chi connectivity index (χ2n) is 8.03. The minimum Gasteiger partial charge on any atom is -0.497 e. The number of allylic oxidation sites excluding steroid dienone is 1. The first-order chi connectivity index (χ1) is 18.7. The van der Waals surface area contributed by atoms with Gasteiger partial charge in [0.25, 0.3) is 0 Å². The van der Waals surface area contributed by atoms with Crippen molar-refractivity contribution in [2.45, 2.75) is 5.75 Å². The number of aromatic nitrogens is 1. The largest absolute Gasteiger partial charge is 0.497 e. The molecule has 1 aromatic heterocycles. The van der Waals surface area contributed by atoms with Gasteiger partial charge in [0.1, 0.15) is 28.7 Å². The van der Waals surface area contributed by atoms with Crippen molar-refractivity contribution in [1.82, 2.24) is 4.98 Å². The number of nitrogens with zero attached hydrogens (tertiary/aromatic N) is 1. The molecule has 0 aliphatic rings. The van der Waals surface area contributed by atoms with Crippen molar-refractivity contribution in [1.29, 1.82) is 0 Å². The van der Waals surface area contributed by atoms with Crippen LogP contribution in [-0.2, 0) is 15.6 Å². The van der Waals surface area contributed by atoms with Crippen LogP contribution in [0.4, 0.5) is 5.69 Å². The minimum atomic E-state index is -3.72. The summed E-state index contributed by atoms with van der Waals surface area (Å²) in [6.07, 6.45) is 5.61. The van der Waals surface area contributed by atoms with Crippen LogP contribution in [0, 0.1) is 0 Å². The Labute approximate surface area is 227 Å². The monoisotopic (exact) mass is 554 g/mol. The molecule has 2 aromatic carbocycles. The van der Waals surface area contributed by atoms with Crippen LogP contribution in [0.15, 0.2) is 66.3 Å². The summed E-state index contributed by atoms with van der Waals surface area (Å²) in [5.74, 6) is 1.62. The van der Waals surface area contributed by atoms with Crippen LogP contribution in [0.25, 0.3) is 6.08 Å². The molecule has 3 aromatic rings. The van der Waals surface area contributed by atoms with Crippen LogP contribution in [0.2, 0.25) is 0 Å². The van der Waals surface area contributed by atoms with E-state index in [4.69, 9.17) is 23.7 Å². The maximum absolute atomic E-state index is 12.9. The van der Waals surface area contributed by atoms with Crippen molar-refractivity contribution in [3.05, 3.63) is 83.0 Å². The summed E-state index contributed by atoms with van der Waals surface area (Å²) in [4.78, 5) is 16.6. The average Bonchev–Trinajstić information content (AvgIpc) is 2.95. The van der Waals surface area contributed by atoms with Crippen molar-refractivity contribution < 1.29 is 36.9 Å². The summed E-state index contributed by atoms with van der Waals surface area (Å²) in [5.41, 5.74) is 1.74. The maximum atomic E-state index is 12.9. The molecule has 0 radical (unpaired) electrons. The van der Waals surface area contributed by atoms with Gasteiger partial charge in [0.2, 0.25) is 5.88 Å². The molecule has 0 unspecified atom stereocenters. The Kier molecular flexibility index (Phi) is 9.93. The van der Waals surface area contributed by atoms with Gasteiger partial charge in [0, 0.05) is 41.6 Å². The number of nitrogens with one attached hydrogen (secondary N) is 1. The Hall–Kier alpha value is -4.51. The highest BCUT2D eigenvalue weighted by Gasteiger charge is 2.15. The quantitative estimate of drug-likeness (QED) is 0.238. The van der Waals surface area contributed by atoms with Gasteiger partial charge < -0.3 is 29.0 Å². The fraction of sp³-hybridized carbons (Fsp3) is 0.214. The molecule has 3 rings (SSSR count). The van der Waals surface area contributed by atoms with Crippen molar-refractivity contribution >= 4 is 27.4 Å². The predicted octanol–water partition coefficient (Wildman–Crippen LogP) is 4.52. The molecule has 0 saturated heterocycles. The lowest BCUT2D eigenvalue weighted by atomic mass is 10.1. The van der Waals surface area contributed by atoms with Crippen molar-refractivity contribution in [2.24, 2.45) is 0 Å². The number of hydrogen-bond acceptors (Lipinski definition) is 10. The third-order valence-corrected chi connectivity index (χ3v) is 6.80. The van der Waals surface area contributed by atoms with Gasteiger partial charge in [-0.3, -0.25) is 4.79 Å². The zero-order valence-corrected chi connectivity index (χ0v) is 23.1. The SMILES string of the molecule is COc1ccc(C(=O)C=CNc2cc(CS(=O)(=O)C=Cc3c(OC)cc(OC)cc3OC)cnc2OC)cc1. The van der Waals surface area contributed by atoms with E-state index in [0.29, 0.717) is 45.4 Å². The normalized spacial score (nSPS) is 11.4. The van der Waals surface area contributed by atoms with E-state index in [2.05, 4.69) is 10.3 Å². The molecular formula is C28H30N2O8S.